The van der Waals surface area contributed by atoms with Crippen molar-refractivity contribution in [1.82, 2.24) is 0 Å². The maximum absolute atomic E-state index is 11.7. The molecule has 0 fully saturated rings. The van der Waals surface area contributed by atoms with E-state index >= 15 is 0 Å². The summed E-state index contributed by atoms with van der Waals surface area (Å²) in [6.07, 6.45) is 0. The highest BCUT2D eigenvalue weighted by Crippen LogP contribution is 2.33. The van der Waals surface area contributed by atoms with Crippen LogP contribution in [0.4, 0.5) is 5.69 Å². The zero-order chi connectivity index (χ0) is 13.1. The van der Waals surface area contributed by atoms with Crippen molar-refractivity contribution in [2.24, 2.45) is 0 Å². The van der Waals surface area contributed by atoms with Crippen LogP contribution in [0.15, 0.2) is 30.3 Å². The van der Waals surface area contributed by atoms with Crippen LogP contribution in [0.3, 0.4) is 0 Å². The third-order valence-corrected chi connectivity index (χ3v) is 4.25. The van der Waals surface area contributed by atoms with Gasteiger partial charge in [-0.1, -0.05) is 12.1 Å². The fraction of sp³-hybridized carbons (Fsp3) is 0.154. The van der Waals surface area contributed by atoms with Gasteiger partial charge in [0.25, 0.3) is 0 Å². The van der Waals surface area contributed by atoms with Crippen molar-refractivity contribution in [3.05, 3.63) is 38.8 Å². The van der Waals surface area contributed by atoms with Crippen LogP contribution < -0.4 is 5.73 Å². The van der Waals surface area contributed by atoms with Gasteiger partial charge in [0.1, 0.15) is 4.88 Å². The number of carbonyl (C=O) groups is 1. The van der Waals surface area contributed by atoms with E-state index in [1.54, 1.807) is 6.92 Å². The number of carbonyl (C=O) groups excluding carboxylic acids is 1. The molecule has 1 aromatic heterocycles. The van der Waals surface area contributed by atoms with Crippen molar-refractivity contribution in [3.63, 3.8) is 0 Å². The molecular formula is C13H12INO2S. The van der Waals surface area contributed by atoms with Crippen LogP contribution in [0.25, 0.3) is 10.4 Å². The molecule has 0 saturated carbocycles. The monoisotopic (exact) mass is 373 g/mol. The highest BCUT2D eigenvalue weighted by atomic mass is 127. The summed E-state index contributed by atoms with van der Waals surface area (Å²) in [5, 5.41) is 0. The predicted molar refractivity (Wildman–Crippen MR) is 82.8 cm³/mol. The van der Waals surface area contributed by atoms with Gasteiger partial charge in [-0.25, -0.2) is 4.79 Å². The van der Waals surface area contributed by atoms with Crippen LogP contribution >= 0.6 is 33.9 Å². The molecule has 3 nitrogen and oxygen atoms in total. The predicted octanol–water partition coefficient (Wildman–Crippen LogP) is 3.78. The summed E-state index contributed by atoms with van der Waals surface area (Å²) in [7, 11) is 0. The second-order valence-electron chi connectivity index (χ2n) is 3.62. The van der Waals surface area contributed by atoms with E-state index < -0.39 is 0 Å². The Hall–Kier alpha value is -1.08. The molecule has 0 atom stereocenters. The summed E-state index contributed by atoms with van der Waals surface area (Å²) in [6, 6.07) is 9.90. The average molecular weight is 373 g/mol. The molecule has 2 N–H and O–H groups in total. The molecule has 0 aliphatic carbocycles. The molecular weight excluding hydrogens is 361 g/mol. The summed E-state index contributed by atoms with van der Waals surface area (Å²) >= 11 is 3.62. The molecule has 0 aliphatic rings. The van der Waals surface area contributed by atoms with Crippen molar-refractivity contribution in [2.45, 2.75) is 6.92 Å². The maximum Gasteiger partial charge on any atom is 0.350 e. The summed E-state index contributed by atoms with van der Waals surface area (Å²) < 4.78 is 6.14. The number of halogens is 1. The first-order valence-electron chi connectivity index (χ1n) is 5.44. The molecule has 0 amide bonds. The molecule has 1 aromatic carbocycles. The minimum Gasteiger partial charge on any atom is -0.462 e. The lowest BCUT2D eigenvalue weighted by Crippen LogP contribution is -2.04. The minimum absolute atomic E-state index is 0.350. The standard InChI is InChI=1S/C13H12INO2S/c1-2-17-13(16)12-10(15)7-11(18-12)8-3-5-9(14)6-4-8/h3-7H,2,15H2,1H3. The normalized spacial score (nSPS) is 10.3. The van der Waals surface area contributed by atoms with Crippen molar-refractivity contribution < 1.29 is 9.53 Å². The SMILES string of the molecule is CCOC(=O)c1sc(-c2ccc(I)cc2)cc1N. The molecule has 0 spiro atoms. The van der Waals surface area contributed by atoms with Crippen LogP contribution in [0, 0.1) is 3.57 Å². The van der Waals surface area contributed by atoms with E-state index in [0.29, 0.717) is 17.2 Å². The van der Waals surface area contributed by atoms with Crippen LogP contribution in [-0.4, -0.2) is 12.6 Å². The van der Waals surface area contributed by atoms with Gasteiger partial charge in [-0.3, -0.25) is 0 Å². The first-order valence-corrected chi connectivity index (χ1v) is 7.33. The van der Waals surface area contributed by atoms with Gasteiger partial charge in [0.05, 0.1) is 12.3 Å². The lowest BCUT2D eigenvalue weighted by atomic mass is 10.2. The third-order valence-electron chi connectivity index (χ3n) is 2.35. The topological polar surface area (TPSA) is 52.3 Å². The van der Waals surface area contributed by atoms with Gasteiger partial charge in [0, 0.05) is 8.45 Å². The summed E-state index contributed by atoms with van der Waals surface area (Å²) in [5.74, 6) is -0.350. The molecule has 0 radical (unpaired) electrons. The van der Waals surface area contributed by atoms with Gasteiger partial charge < -0.3 is 10.5 Å². The van der Waals surface area contributed by atoms with Crippen molar-refractivity contribution >= 4 is 45.6 Å². The first-order chi connectivity index (χ1) is 8.61. The summed E-state index contributed by atoms with van der Waals surface area (Å²) in [6.45, 7) is 2.14. The lowest BCUT2D eigenvalue weighted by Gasteiger charge is -1.99. The second-order valence-corrected chi connectivity index (χ2v) is 5.92. The van der Waals surface area contributed by atoms with Crippen molar-refractivity contribution in [2.75, 3.05) is 12.3 Å². The van der Waals surface area contributed by atoms with E-state index in [0.717, 1.165) is 10.4 Å². The van der Waals surface area contributed by atoms with Crippen LogP contribution in [0.5, 0.6) is 0 Å². The van der Waals surface area contributed by atoms with E-state index in [1.807, 2.05) is 30.3 Å². The summed E-state index contributed by atoms with van der Waals surface area (Å²) in [5.41, 5.74) is 7.38. The number of nitrogens with two attached hydrogens (primary N) is 1. The number of thiophene rings is 1. The quantitative estimate of drug-likeness (QED) is 0.658. The Balaban J connectivity index is 2.34. The summed E-state index contributed by atoms with van der Waals surface area (Å²) in [4.78, 5) is 13.1. The smallest absolute Gasteiger partial charge is 0.350 e. The van der Waals surface area contributed by atoms with E-state index in [1.165, 1.54) is 14.9 Å². The lowest BCUT2D eigenvalue weighted by molar-refractivity contribution is 0.0533. The van der Waals surface area contributed by atoms with E-state index in [9.17, 15) is 4.79 Å². The fourth-order valence-corrected chi connectivity index (χ4v) is 2.86. The highest BCUT2D eigenvalue weighted by molar-refractivity contribution is 14.1. The van der Waals surface area contributed by atoms with Gasteiger partial charge in [-0.2, -0.15) is 0 Å². The minimum atomic E-state index is -0.350. The highest BCUT2D eigenvalue weighted by Gasteiger charge is 2.16. The number of hydrogen-bond donors (Lipinski definition) is 1. The van der Waals surface area contributed by atoms with Gasteiger partial charge >= 0.3 is 5.97 Å². The zero-order valence-corrected chi connectivity index (χ0v) is 12.7. The number of rotatable bonds is 3. The van der Waals surface area contributed by atoms with Crippen LogP contribution in [0.1, 0.15) is 16.6 Å². The Morgan fingerprint density at radius 1 is 1.39 bits per heavy atom. The first kappa shape index (κ1) is 13.4. The number of hydrogen-bond acceptors (Lipinski definition) is 4. The number of ether oxygens (including phenoxy) is 1. The number of esters is 1. The molecule has 0 unspecified atom stereocenters. The van der Waals surface area contributed by atoms with Gasteiger partial charge in [-0.15, -0.1) is 11.3 Å². The average Bonchev–Trinajstić information content (AvgIpc) is 2.72. The second kappa shape index (κ2) is 5.71. The third kappa shape index (κ3) is 2.84. The van der Waals surface area contributed by atoms with E-state index in [2.05, 4.69) is 22.6 Å². The molecule has 18 heavy (non-hydrogen) atoms. The number of benzene rings is 1. The van der Waals surface area contributed by atoms with Crippen LogP contribution in [-0.2, 0) is 4.74 Å². The van der Waals surface area contributed by atoms with Gasteiger partial charge in [0.15, 0.2) is 0 Å². The van der Waals surface area contributed by atoms with Gasteiger partial charge in [-0.05, 0) is 53.3 Å². The fourth-order valence-electron chi connectivity index (χ4n) is 1.52. The zero-order valence-electron chi connectivity index (χ0n) is 9.77. The number of nitrogen functional groups attached to an aromatic ring is 1. The molecule has 1 heterocycles. The Morgan fingerprint density at radius 3 is 2.67 bits per heavy atom. The Bertz CT molecular complexity index is 563. The molecule has 0 bridgehead atoms. The van der Waals surface area contributed by atoms with Gasteiger partial charge in [0.2, 0.25) is 0 Å². The molecule has 0 aliphatic heterocycles. The Kier molecular flexibility index (Phi) is 4.23. The molecule has 2 rings (SSSR count). The Morgan fingerprint density at radius 2 is 2.06 bits per heavy atom. The van der Waals surface area contributed by atoms with Crippen LogP contribution in [0.2, 0.25) is 0 Å². The Labute approximate surface area is 123 Å². The molecule has 94 valence electrons. The van der Waals surface area contributed by atoms with Crippen molar-refractivity contribution in [1.29, 1.82) is 0 Å². The largest absolute Gasteiger partial charge is 0.462 e. The molecule has 5 heteroatoms. The van der Waals surface area contributed by atoms with E-state index in [-0.39, 0.29) is 5.97 Å². The maximum atomic E-state index is 11.7. The molecule has 2 aromatic rings. The molecule has 0 saturated heterocycles. The van der Waals surface area contributed by atoms with Crippen molar-refractivity contribution in [3.8, 4) is 10.4 Å². The van der Waals surface area contributed by atoms with E-state index in [4.69, 9.17) is 10.5 Å². The number of anilines is 1.